The normalized spacial score (nSPS) is 11.6. The number of ether oxygens (including phenoxy) is 1. The van der Waals surface area contributed by atoms with Crippen molar-refractivity contribution < 1.29 is 28.3 Å². The number of anilines is 2. The van der Waals surface area contributed by atoms with Gasteiger partial charge < -0.3 is 25.1 Å². The molecule has 3 amide bonds. The molecule has 0 spiro atoms. The van der Waals surface area contributed by atoms with E-state index in [2.05, 4.69) is 16.0 Å². The second kappa shape index (κ2) is 17.0. The Labute approximate surface area is 311 Å². The second-order valence-corrected chi connectivity index (χ2v) is 13.1. The molecule has 1 aromatic heterocycles. The molecule has 6 rings (SSSR count). The summed E-state index contributed by atoms with van der Waals surface area (Å²) in [6, 6.07) is 43.0. The van der Waals surface area contributed by atoms with Crippen LogP contribution < -0.4 is 16.0 Å². The summed E-state index contributed by atoms with van der Waals surface area (Å²) in [5, 5.41) is 7.92. The summed E-state index contributed by atoms with van der Waals surface area (Å²) < 4.78 is 10.8. The number of rotatable bonds is 12. The summed E-state index contributed by atoms with van der Waals surface area (Å²) >= 11 is 1.34. The van der Waals surface area contributed by atoms with Crippen LogP contribution in [0.4, 0.5) is 11.4 Å². The van der Waals surface area contributed by atoms with Crippen LogP contribution in [0.3, 0.4) is 0 Å². The summed E-state index contributed by atoms with van der Waals surface area (Å²) in [7, 11) is 1.31. The van der Waals surface area contributed by atoms with E-state index in [0.717, 1.165) is 21.6 Å². The van der Waals surface area contributed by atoms with Crippen molar-refractivity contribution in [3.05, 3.63) is 179 Å². The highest BCUT2D eigenvalue weighted by molar-refractivity contribution is 8.00. The molecule has 9 nitrogen and oxygen atoms in total. The number of carbonyl (C=O) groups excluding carboxylic acids is 4. The van der Waals surface area contributed by atoms with Gasteiger partial charge in [-0.05, 0) is 85.3 Å². The number of aryl methyl sites for hydroxylation is 1. The number of carbonyl (C=O) groups is 4. The Morgan fingerprint density at radius 3 is 1.96 bits per heavy atom. The van der Waals surface area contributed by atoms with Gasteiger partial charge in [-0.2, -0.15) is 0 Å². The van der Waals surface area contributed by atoms with E-state index in [-0.39, 0.29) is 11.6 Å². The third-order valence-electron chi connectivity index (χ3n) is 8.06. The highest BCUT2D eigenvalue weighted by Crippen LogP contribution is 2.37. The Morgan fingerprint density at radius 1 is 0.679 bits per heavy atom. The van der Waals surface area contributed by atoms with Crippen LogP contribution in [0.5, 0.6) is 0 Å². The molecule has 0 aliphatic carbocycles. The zero-order chi connectivity index (χ0) is 37.2. The first kappa shape index (κ1) is 36.2. The fourth-order valence-corrected chi connectivity index (χ4v) is 6.28. The van der Waals surface area contributed by atoms with E-state index in [1.165, 1.54) is 24.9 Å². The predicted octanol–water partition coefficient (Wildman–Crippen LogP) is 8.92. The zero-order valence-corrected chi connectivity index (χ0v) is 29.7. The van der Waals surface area contributed by atoms with Crippen molar-refractivity contribution in [3.63, 3.8) is 0 Å². The third kappa shape index (κ3) is 9.57. The van der Waals surface area contributed by atoms with Crippen molar-refractivity contribution in [2.45, 2.75) is 17.1 Å². The Morgan fingerprint density at radius 2 is 1.30 bits per heavy atom. The lowest BCUT2D eigenvalue weighted by Gasteiger charge is -2.18. The van der Waals surface area contributed by atoms with Crippen LogP contribution in [0.1, 0.15) is 42.9 Å². The van der Waals surface area contributed by atoms with Crippen LogP contribution in [-0.2, 0) is 14.3 Å². The van der Waals surface area contributed by atoms with Crippen molar-refractivity contribution >= 4 is 52.9 Å². The molecule has 5 aromatic carbocycles. The summed E-state index contributed by atoms with van der Waals surface area (Å²) in [5.74, 6) is -0.712. The quantitative estimate of drug-likeness (QED) is 0.0655. The summed E-state index contributed by atoms with van der Waals surface area (Å²) in [6.07, 6.45) is 1.49. The topological polar surface area (TPSA) is 127 Å². The van der Waals surface area contributed by atoms with Crippen LogP contribution in [0.25, 0.3) is 17.4 Å². The molecule has 6 aromatic rings. The molecule has 0 aliphatic heterocycles. The number of hydrogen-bond acceptors (Lipinski definition) is 7. The van der Waals surface area contributed by atoms with Crippen molar-refractivity contribution in [3.8, 4) is 11.3 Å². The molecule has 0 bridgehead atoms. The van der Waals surface area contributed by atoms with Gasteiger partial charge in [-0.3, -0.25) is 14.4 Å². The monoisotopic (exact) mass is 721 g/mol. The van der Waals surface area contributed by atoms with Crippen molar-refractivity contribution in [1.29, 1.82) is 0 Å². The minimum absolute atomic E-state index is 0.0115. The average molecular weight is 722 g/mol. The Bertz CT molecular complexity index is 2230. The standard InChI is InChI=1S/C43H35N3O6S/c1-28-13-15-29(16-14-28)38-26-23-35(52-38)27-37(46-40(47)31-11-7-4-8-12-31)41(48)44-34-21-24-36(25-22-34)53-39(30-9-5-3-6-10-30)42(49)45-33-19-17-32(18-20-33)43(50)51-2/h3-27,39H,1-2H3,(H,44,48)(H,45,49)(H,46,47)/b37-27-. The molecule has 0 aliphatic rings. The highest BCUT2D eigenvalue weighted by atomic mass is 32.2. The molecule has 53 heavy (non-hydrogen) atoms. The molecule has 1 heterocycles. The zero-order valence-electron chi connectivity index (χ0n) is 28.9. The third-order valence-corrected chi connectivity index (χ3v) is 9.32. The van der Waals surface area contributed by atoms with Gasteiger partial charge in [0.1, 0.15) is 22.5 Å². The minimum atomic E-state index is -0.613. The lowest BCUT2D eigenvalue weighted by Crippen LogP contribution is -2.30. The van der Waals surface area contributed by atoms with E-state index in [1.807, 2.05) is 67.6 Å². The van der Waals surface area contributed by atoms with Crippen molar-refractivity contribution in [2.24, 2.45) is 0 Å². The maximum atomic E-state index is 13.7. The lowest BCUT2D eigenvalue weighted by molar-refractivity contribution is -0.116. The number of nitrogens with one attached hydrogen (secondary N) is 3. The van der Waals surface area contributed by atoms with E-state index in [1.54, 1.807) is 84.9 Å². The van der Waals surface area contributed by atoms with E-state index in [4.69, 9.17) is 9.15 Å². The smallest absolute Gasteiger partial charge is 0.337 e. The number of thioether (sulfide) groups is 1. The molecule has 1 unspecified atom stereocenters. The van der Waals surface area contributed by atoms with Gasteiger partial charge in [0.25, 0.3) is 11.8 Å². The summed E-state index contributed by atoms with van der Waals surface area (Å²) in [6.45, 7) is 2.01. The van der Waals surface area contributed by atoms with E-state index in [0.29, 0.717) is 34.0 Å². The molecule has 1 atom stereocenters. The van der Waals surface area contributed by atoms with Gasteiger partial charge in [0.05, 0.1) is 12.7 Å². The Kier molecular flexibility index (Phi) is 11.6. The van der Waals surface area contributed by atoms with E-state index in [9.17, 15) is 19.2 Å². The number of esters is 1. The van der Waals surface area contributed by atoms with E-state index >= 15 is 0 Å². The molecule has 0 radical (unpaired) electrons. The van der Waals surface area contributed by atoms with Gasteiger partial charge >= 0.3 is 5.97 Å². The molecule has 0 saturated heterocycles. The molecule has 264 valence electrons. The first-order chi connectivity index (χ1) is 25.7. The average Bonchev–Trinajstić information content (AvgIpc) is 3.66. The highest BCUT2D eigenvalue weighted by Gasteiger charge is 2.23. The number of benzene rings is 5. The number of hydrogen-bond donors (Lipinski definition) is 3. The Hall–Kier alpha value is -6.65. The molecule has 0 fully saturated rings. The van der Waals surface area contributed by atoms with Crippen LogP contribution >= 0.6 is 11.8 Å². The van der Waals surface area contributed by atoms with Gasteiger partial charge in [-0.1, -0.05) is 78.4 Å². The van der Waals surface area contributed by atoms with Crippen molar-refractivity contribution in [2.75, 3.05) is 17.7 Å². The minimum Gasteiger partial charge on any atom is -0.465 e. The number of methoxy groups -OCH3 is 1. The van der Waals surface area contributed by atoms with Crippen molar-refractivity contribution in [1.82, 2.24) is 5.32 Å². The maximum absolute atomic E-state index is 13.7. The first-order valence-electron chi connectivity index (χ1n) is 16.6. The second-order valence-electron chi connectivity index (χ2n) is 11.9. The Balaban J connectivity index is 1.18. The van der Waals surface area contributed by atoms with Gasteiger partial charge in [-0.15, -0.1) is 11.8 Å². The first-order valence-corrected chi connectivity index (χ1v) is 17.5. The predicted molar refractivity (Wildman–Crippen MR) is 207 cm³/mol. The van der Waals surface area contributed by atoms with E-state index < -0.39 is 23.0 Å². The van der Waals surface area contributed by atoms with Gasteiger partial charge in [0.15, 0.2) is 0 Å². The fraction of sp³-hybridized carbons (Fsp3) is 0.0698. The molecular formula is C43H35N3O6S. The largest absolute Gasteiger partial charge is 0.465 e. The fourth-order valence-electron chi connectivity index (χ4n) is 5.26. The number of furan rings is 1. The number of amides is 3. The molecular weight excluding hydrogens is 687 g/mol. The maximum Gasteiger partial charge on any atom is 0.337 e. The van der Waals surface area contributed by atoms with Crippen LogP contribution in [0.2, 0.25) is 0 Å². The van der Waals surface area contributed by atoms with Crippen LogP contribution in [0, 0.1) is 6.92 Å². The van der Waals surface area contributed by atoms with Crippen LogP contribution in [-0.4, -0.2) is 30.8 Å². The summed E-state index contributed by atoms with van der Waals surface area (Å²) in [4.78, 5) is 53.0. The van der Waals surface area contributed by atoms with Gasteiger partial charge in [0.2, 0.25) is 5.91 Å². The molecule has 0 saturated carbocycles. The summed E-state index contributed by atoms with van der Waals surface area (Å²) in [5.41, 5.74) is 4.57. The molecule has 3 N–H and O–H groups in total. The van der Waals surface area contributed by atoms with Crippen LogP contribution in [0.15, 0.2) is 161 Å². The lowest BCUT2D eigenvalue weighted by atomic mass is 10.1. The SMILES string of the molecule is COC(=O)c1ccc(NC(=O)C(Sc2ccc(NC(=O)/C(=C/c3ccc(-c4ccc(C)cc4)o3)NC(=O)c3ccccc3)cc2)c2ccccc2)cc1. The molecule has 10 heteroatoms. The van der Waals surface area contributed by atoms with Gasteiger partial charge in [0, 0.05) is 33.5 Å². The van der Waals surface area contributed by atoms with Gasteiger partial charge in [-0.25, -0.2) is 4.79 Å².